The molecule has 5 nitrogen and oxygen atoms in total. The second-order valence-corrected chi connectivity index (χ2v) is 3.23. The first-order valence-electron chi connectivity index (χ1n) is 4.66. The molecule has 0 aromatic carbocycles. The number of allylic oxidation sites excluding steroid dienone is 2. The summed E-state index contributed by atoms with van der Waals surface area (Å²) in [5.74, 6) is 0.216. The minimum absolute atomic E-state index is 0.216. The van der Waals surface area contributed by atoms with E-state index in [9.17, 15) is 4.79 Å². The predicted molar refractivity (Wildman–Crippen MR) is 50.3 cm³/mol. The van der Waals surface area contributed by atoms with Crippen molar-refractivity contribution in [3.05, 3.63) is 24.2 Å². The van der Waals surface area contributed by atoms with Crippen LogP contribution in [0.25, 0.3) is 0 Å². The summed E-state index contributed by atoms with van der Waals surface area (Å²) in [7, 11) is 0. The molecule has 5 heteroatoms. The Morgan fingerprint density at radius 2 is 2.43 bits per heavy atom. The number of hydrogen-bond acceptors (Lipinski definition) is 4. The van der Waals surface area contributed by atoms with E-state index >= 15 is 0 Å². The molecule has 0 radical (unpaired) electrons. The Kier molecular flexibility index (Phi) is 2.58. The van der Waals surface area contributed by atoms with Crippen molar-refractivity contribution in [3.63, 3.8) is 0 Å². The van der Waals surface area contributed by atoms with E-state index in [4.69, 9.17) is 0 Å². The summed E-state index contributed by atoms with van der Waals surface area (Å²) < 4.78 is 1.75. The lowest BCUT2D eigenvalue weighted by Gasteiger charge is -2.05. The van der Waals surface area contributed by atoms with Gasteiger partial charge in [-0.2, -0.15) is 0 Å². The molecule has 2 rings (SSSR count). The number of carbonyl (C=O) groups is 1. The molecule has 1 aromatic rings. The summed E-state index contributed by atoms with van der Waals surface area (Å²) in [4.78, 5) is 10.9. The molecule has 0 bridgehead atoms. The summed E-state index contributed by atoms with van der Waals surface area (Å²) in [5.41, 5.74) is 1.04. The van der Waals surface area contributed by atoms with Gasteiger partial charge in [-0.05, 0) is 6.42 Å². The van der Waals surface area contributed by atoms with E-state index in [1.165, 1.54) is 0 Å². The van der Waals surface area contributed by atoms with Crippen LogP contribution in [-0.4, -0.2) is 27.3 Å². The fraction of sp³-hybridized carbons (Fsp3) is 0.444. The molecule has 1 aromatic heterocycles. The zero-order chi connectivity index (χ0) is 9.80. The Bertz CT molecular complexity index is 342. The third kappa shape index (κ3) is 2.18. The number of carbonyl (C=O) groups excluding carboxylic acids is 1. The van der Waals surface area contributed by atoms with Crippen LogP contribution in [0.15, 0.2) is 24.2 Å². The molecule has 0 saturated heterocycles. The minimum Gasteiger partial charge on any atom is -0.386 e. The van der Waals surface area contributed by atoms with Crippen LogP contribution in [0.4, 0.5) is 0 Å². The van der Waals surface area contributed by atoms with Gasteiger partial charge in [-0.25, -0.2) is 0 Å². The van der Waals surface area contributed by atoms with E-state index in [2.05, 4.69) is 15.6 Å². The second kappa shape index (κ2) is 4.04. The molecule has 1 N–H and O–H groups in total. The van der Waals surface area contributed by atoms with Crippen molar-refractivity contribution in [2.24, 2.45) is 0 Å². The first-order chi connectivity index (χ1) is 6.84. The third-order valence-corrected chi connectivity index (χ3v) is 2.14. The van der Waals surface area contributed by atoms with E-state index in [1.807, 2.05) is 6.20 Å². The van der Waals surface area contributed by atoms with Gasteiger partial charge in [0, 0.05) is 30.9 Å². The van der Waals surface area contributed by atoms with Gasteiger partial charge in [0.05, 0.1) is 12.7 Å². The summed E-state index contributed by atoms with van der Waals surface area (Å²) in [6, 6.07) is 0. The van der Waals surface area contributed by atoms with Gasteiger partial charge in [0.25, 0.3) is 0 Å². The molecule has 0 aliphatic heterocycles. The fourth-order valence-electron chi connectivity index (χ4n) is 1.42. The Morgan fingerprint density at radius 1 is 1.50 bits per heavy atom. The van der Waals surface area contributed by atoms with Crippen LogP contribution in [0.5, 0.6) is 0 Å². The van der Waals surface area contributed by atoms with E-state index in [0.29, 0.717) is 6.42 Å². The molecule has 0 atom stereocenters. The molecular weight excluding hydrogens is 180 g/mol. The first kappa shape index (κ1) is 8.93. The summed E-state index contributed by atoms with van der Waals surface area (Å²) >= 11 is 0. The second-order valence-electron chi connectivity index (χ2n) is 3.23. The highest BCUT2D eigenvalue weighted by molar-refractivity contribution is 5.92. The van der Waals surface area contributed by atoms with E-state index < -0.39 is 0 Å². The number of ketones is 1. The molecule has 1 aliphatic rings. The number of aromatic nitrogens is 3. The van der Waals surface area contributed by atoms with Crippen molar-refractivity contribution < 1.29 is 4.79 Å². The zero-order valence-corrected chi connectivity index (χ0v) is 7.81. The number of rotatable bonds is 4. The monoisotopic (exact) mass is 192 g/mol. The van der Waals surface area contributed by atoms with Crippen LogP contribution in [0, 0.1) is 0 Å². The van der Waals surface area contributed by atoms with Crippen molar-refractivity contribution in [1.82, 2.24) is 20.3 Å². The van der Waals surface area contributed by atoms with Gasteiger partial charge in [0.2, 0.25) is 0 Å². The maximum absolute atomic E-state index is 10.9. The fourth-order valence-corrected chi connectivity index (χ4v) is 1.42. The zero-order valence-electron chi connectivity index (χ0n) is 7.81. The van der Waals surface area contributed by atoms with Gasteiger partial charge in [0.15, 0.2) is 5.78 Å². The maximum atomic E-state index is 10.9. The predicted octanol–water partition coefficient (Wildman–Crippen LogP) is 0.114. The Morgan fingerprint density at radius 3 is 3.07 bits per heavy atom. The van der Waals surface area contributed by atoms with Crippen LogP contribution < -0.4 is 5.32 Å². The Labute approximate surface area is 81.8 Å². The lowest BCUT2D eigenvalue weighted by atomic mass is 10.3. The van der Waals surface area contributed by atoms with Crippen molar-refractivity contribution in [3.8, 4) is 0 Å². The summed E-state index contributed by atoms with van der Waals surface area (Å²) in [5, 5.41) is 10.7. The van der Waals surface area contributed by atoms with Gasteiger partial charge in [-0.1, -0.05) is 5.21 Å². The Hall–Kier alpha value is -1.65. The highest BCUT2D eigenvalue weighted by Crippen LogP contribution is 2.10. The molecule has 1 heterocycles. The molecule has 0 spiro atoms. The number of nitrogens with one attached hydrogen (secondary N) is 1. The summed E-state index contributed by atoms with van der Waals surface area (Å²) in [6.07, 6.45) is 6.64. The van der Waals surface area contributed by atoms with Crippen molar-refractivity contribution in [2.45, 2.75) is 19.4 Å². The normalized spacial score (nSPS) is 15.7. The smallest absolute Gasteiger partial charge is 0.157 e. The van der Waals surface area contributed by atoms with Gasteiger partial charge in [0.1, 0.15) is 0 Å². The van der Waals surface area contributed by atoms with Crippen LogP contribution in [-0.2, 0) is 11.3 Å². The quantitative estimate of drug-likeness (QED) is 0.735. The van der Waals surface area contributed by atoms with Gasteiger partial charge < -0.3 is 5.32 Å². The molecule has 0 fully saturated rings. The Balaban J connectivity index is 1.73. The molecule has 74 valence electrons. The lowest BCUT2D eigenvalue weighted by Crippen LogP contribution is -2.18. The van der Waals surface area contributed by atoms with Crippen LogP contribution >= 0.6 is 0 Å². The SMILES string of the molecule is O=C1C=C(NCCn2ccnn2)CC1. The number of hydrogen-bond donors (Lipinski definition) is 1. The van der Waals surface area contributed by atoms with Crippen LogP contribution in [0.2, 0.25) is 0 Å². The van der Waals surface area contributed by atoms with Gasteiger partial charge in [-0.15, -0.1) is 5.10 Å². The van der Waals surface area contributed by atoms with Gasteiger partial charge >= 0.3 is 0 Å². The van der Waals surface area contributed by atoms with E-state index in [-0.39, 0.29) is 5.78 Å². The average molecular weight is 192 g/mol. The van der Waals surface area contributed by atoms with Crippen molar-refractivity contribution in [1.29, 1.82) is 0 Å². The topological polar surface area (TPSA) is 59.8 Å². The molecule has 0 amide bonds. The van der Waals surface area contributed by atoms with Crippen LogP contribution in [0.1, 0.15) is 12.8 Å². The maximum Gasteiger partial charge on any atom is 0.157 e. The van der Waals surface area contributed by atoms with Crippen LogP contribution in [0.3, 0.4) is 0 Å². The van der Waals surface area contributed by atoms with E-state index in [1.54, 1.807) is 17.0 Å². The highest BCUT2D eigenvalue weighted by atomic mass is 16.1. The third-order valence-electron chi connectivity index (χ3n) is 2.14. The summed E-state index contributed by atoms with van der Waals surface area (Å²) in [6.45, 7) is 1.55. The van der Waals surface area contributed by atoms with Crippen molar-refractivity contribution >= 4 is 5.78 Å². The standard InChI is InChI=1S/C9H12N4O/c14-9-2-1-8(7-9)10-3-5-13-6-4-11-12-13/h4,6-7,10H,1-3,5H2. The molecule has 0 saturated carbocycles. The van der Waals surface area contributed by atoms with Crippen molar-refractivity contribution in [2.75, 3.05) is 6.54 Å². The molecule has 0 unspecified atom stereocenters. The largest absolute Gasteiger partial charge is 0.386 e. The highest BCUT2D eigenvalue weighted by Gasteiger charge is 2.10. The lowest BCUT2D eigenvalue weighted by molar-refractivity contribution is -0.114. The molecule has 14 heavy (non-hydrogen) atoms. The number of nitrogens with zero attached hydrogens (tertiary/aromatic N) is 3. The minimum atomic E-state index is 0.216. The average Bonchev–Trinajstić information content (AvgIpc) is 2.77. The van der Waals surface area contributed by atoms with E-state index in [0.717, 1.165) is 25.2 Å². The first-order valence-corrected chi connectivity index (χ1v) is 4.66. The van der Waals surface area contributed by atoms with Gasteiger partial charge in [-0.3, -0.25) is 9.48 Å². The molecule has 1 aliphatic carbocycles. The molecular formula is C9H12N4O.